The number of carbonyl (C=O) groups excluding carboxylic acids is 3. The van der Waals surface area contributed by atoms with Crippen molar-refractivity contribution in [2.45, 2.75) is 309 Å². The van der Waals surface area contributed by atoms with Crippen molar-refractivity contribution < 1.29 is 28.6 Å². The third kappa shape index (κ3) is 49.0. The second-order valence-electron chi connectivity index (χ2n) is 18.5. The van der Waals surface area contributed by atoms with Crippen LogP contribution in [0, 0.1) is 0 Å². The van der Waals surface area contributed by atoms with Crippen LogP contribution >= 0.6 is 0 Å². The number of rotatable bonds is 50. The zero-order chi connectivity index (χ0) is 44.4. The van der Waals surface area contributed by atoms with Crippen molar-refractivity contribution in [3.05, 3.63) is 12.2 Å². The molecular formula is C55H104O6. The largest absolute Gasteiger partial charge is 0.462 e. The minimum Gasteiger partial charge on any atom is -0.462 e. The van der Waals surface area contributed by atoms with Crippen LogP contribution in [0.3, 0.4) is 0 Å². The van der Waals surface area contributed by atoms with Gasteiger partial charge in [-0.1, -0.05) is 251 Å². The molecule has 0 N–H and O–H groups in total. The molecule has 61 heavy (non-hydrogen) atoms. The molecule has 0 aromatic heterocycles. The predicted molar refractivity (Wildman–Crippen MR) is 261 cm³/mol. The molecule has 0 aromatic rings. The van der Waals surface area contributed by atoms with E-state index in [1.165, 1.54) is 205 Å². The Morgan fingerprint density at radius 3 is 0.820 bits per heavy atom. The maximum atomic E-state index is 12.8. The third-order valence-electron chi connectivity index (χ3n) is 12.3. The number of carbonyl (C=O) groups is 3. The van der Waals surface area contributed by atoms with Crippen LogP contribution in [0.25, 0.3) is 0 Å². The summed E-state index contributed by atoms with van der Waals surface area (Å²) in [5.41, 5.74) is 0. The maximum Gasteiger partial charge on any atom is 0.306 e. The number of hydrogen-bond donors (Lipinski definition) is 0. The molecule has 1 atom stereocenters. The van der Waals surface area contributed by atoms with Gasteiger partial charge in [0.2, 0.25) is 0 Å². The molecule has 0 aliphatic carbocycles. The molecule has 0 aliphatic heterocycles. The molecule has 0 bridgehead atoms. The van der Waals surface area contributed by atoms with Crippen molar-refractivity contribution in [1.29, 1.82) is 0 Å². The highest BCUT2D eigenvalue weighted by atomic mass is 16.6. The molecule has 0 spiro atoms. The van der Waals surface area contributed by atoms with Crippen molar-refractivity contribution in [2.24, 2.45) is 0 Å². The highest BCUT2D eigenvalue weighted by molar-refractivity contribution is 5.71. The van der Waals surface area contributed by atoms with E-state index in [4.69, 9.17) is 14.2 Å². The fourth-order valence-corrected chi connectivity index (χ4v) is 8.14. The van der Waals surface area contributed by atoms with Gasteiger partial charge in [0.05, 0.1) is 0 Å². The van der Waals surface area contributed by atoms with Gasteiger partial charge in [-0.3, -0.25) is 14.4 Å². The van der Waals surface area contributed by atoms with E-state index in [9.17, 15) is 14.4 Å². The highest BCUT2D eigenvalue weighted by Gasteiger charge is 2.19. The number of hydrogen-bond acceptors (Lipinski definition) is 6. The summed E-state index contributed by atoms with van der Waals surface area (Å²) >= 11 is 0. The molecule has 6 nitrogen and oxygen atoms in total. The van der Waals surface area contributed by atoms with Gasteiger partial charge in [0.1, 0.15) is 13.2 Å². The van der Waals surface area contributed by atoms with Gasteiger partial charge >= 0.3 is 17.9 Å². The average molecular weight is 861 g/mol. The van der Waals surface area contributed by atoms with E-state index in [-0.39, 0.29) is 31.1 Å². The molecule has 0 rings (SSSR count). The van der Waals surface area contributed by atoms with E-state index < -0.39 is 6.10 Å². The Morgan fingerprint density at radius 2 is 0.541 bits per heavy atom. The summed E-state index contributed by atoms with van der Waals surface area (Å²) in [5, 5.41) is 0. The van der Waals surface area contributed by atoms with Crippen LogP contribution in [0.1, 0.15) is 303 Å². The monoisotopic (exact) mass is 861 g/mol. The van der Waals surface area contributed by atoms with E-state index in [1.54, 1.807) is 0 Å². The molecule has 6 heteroatoms. The van der Waals surface area contributed by atoms with Crippen molar-refractivity contribution in [1.82, 2.24) is 0 Å². The number of allylic oxidation sites excluding steroid dienone is 2. The van der Waals surface area contributed by atoms with Crippen molar-refractivity contribution in [3.8, 4) is 0 Å². The molecule has 1 unspecified atom stereocenters. The lowest BCUT2D eigenvalue weighted by Gasteiger charge is -2.18. The summed E-state index contributed by atoms with van der Waals surface area (Å²) in [5.74, 6) is -0.854. The zero-order valence-corrected chi connectivity index (χ0v) is 41.2. The fourth-order valence-electron chi connectivity index (χ4n) is 8.14. The summed E-state index contributed by atoms with van der Waals surface area (Å²) in [7, 11) is 0. The third-order valence-corrected chi connectivity index (χ3v) is 12.3. The highest BCUT2D eigenvalue weighted by Crippen LogP contribution is 2.16. The summed E-state index contributed by atoms with van der Waals surface area (Å²) < 4.78 is 16.8. The predicted octanol–water partition coefficient (Wildman–Crippen LogP) is 17.8. The Kier molecular flexibility index (Phi) is 49.3. The van der Waals surface area contributed by atoms with Crippen LogP contribution in [0.5, 0.6) is 0 Å². The molecule has 0 radical (unpaired) electrons. The van der Waals surface area contributed by atoms with Crippen LogP contribution in [-0.4, -0.2) is 37.2 Å². The summed E-state index contributed by atoms with van der Waals surface area (Å²) in [6.07, 6.45) is 56.3. The summed E-state index contributed by atoms with van der Waals surface area (Å²) in [4.78, 5) is 37.9. The van der Waals surface area contributed by atoms with Gasteiger partial charge in [-0.2, -0.15) is 0 Å². The van der Waals surface area contributed by atoms with E-state index in [1.807, 2.05) is 0 Å². The lowest BCUT2D eigenvalue weighted by Crippen LogP contribution is -2.30. The molecule has 0 aliphatic rings. The molecule has 0 saturated carbocycles. The van der Waals surface area contributed by atoms with Gasteiger partial charge in [0.25, 0.3) is 0 Å². The Bertz CT molecular complexity index is 947. The zero-order valence-electron chi connectivity index (χ0n) is 41.2. The van der Waals surface area contributed by atoms with Gasteiger partial charge in [0, 0.05) is 19.3 Å². The van der Waals surface area contributed by atoms with Gasteiger partial charge < -0.3 is 14.2 Å². The molecule has 0 heterocycles. The maximum absolute atomic E-state index is 12.8. The minimum absolute atomic E-state index is 0.0662. The number of esters is 3. The Balaban J connectivity index is 4.26. The van der Waals surface area contributed by atoms with Gasteiger partial charge in [0.15, 0.2) is 6.10 Å². The van der Waals surface area contributed by atoms with Gasteiger partial charge in [-0.05, 0) is 44.9 Å². The number of ether oxygens (including phenoxy) is 3. The van der Waals surface area contributed by atoms with Crippen molar-refractivity contribution >= 4 is 17.9 Å². The molecule has 0 aromatic carbocycles. The summed E-state index contributed by atoms with van der Waals surface area (Å²) in [6.45, 7) is 6.66. The average Bonchev–Trinajstić information content (AvgIpc) is 3.26. The first-order chi connectivity index (χ1) is 30.0. The molecule has 0 amide bonds. The second-order valence-corrected chi connectivity index (χ2v) is 18.5. The normalized spacial score (nSPS) is 12.0. The van der Waals surface area contributed by atoms with Crippen molar-refractivity contribution in [2.75, 3.05) is 13.2 Å². The van der Waals surface area contributed by atoms with Crippen LogP contribution in [0.4, 0.5) is 0 Å². The van der Waals surface area contributed by atoms with Crippen LogP contribution in [0.15, 0.2) is 12.2 Å². The first-order valence-electron chi connectivity index (χ1n) is 27.2. The van der Waals surface area contributed by atoms with Crippen LogP contribution < -0.4 is 0 Å². The molecule has 0 fully saturated rings. The standard InChI is InChI=1S/C55H104O6/c1-4-7-10-13-16-19-21-23-25-27-29-31-33-36-39-42-45-48-54(57)60-51-52(50-59-53(56)47-44-41-38-35-18-15-12-9-6-3)61-55(58)49-46-43-40-37-34-32-30-28-26-24-22-20-17-14-11-8-5-2/h23,25,52H,4-22,24,26-51H2,1-3H3/b25-23-. The quantitative estimate of drug-likeness (QED) is 0.0262. The van der Waals surface area contributed by atoms with E-state index in [0.29, 0.717) is 19.3 Å². The Morgan fingerprint density at radius 1 is 0.311 bits per heavy atom. The Hall–Kier alpha value is -1.85. The second kappa shape index (κ2) is 50.8. The van der Waals surface area contributed by atoms with Crippen LogP contribution in [0.2, 0.25) is 0 Å². The first-order valence-corrected chi connectivity index (χ1v) is 27.2. The lowest BCUT2D eigenvalue weighted by atomic mass is 10.0. The minimum atomic E-state index is -0.764. The molecular weight excluding hydrogens is 757 g/mol. The topological polar surface area (TPSA) is 78.9 Å². The van der Waals surface area contributed by atoms with E-state index in [0.717, 1.165) is 57.8 Å². The lowest BCUT2D eigenvalue weighted by molar-refractivity contribution is -0.167. The molecule has 0 saturated heterocycles. The van der Waals surface area contributed by atoms with Gasteiger partial charge in [-0.25, -0.2) is 0 Å². The van der Waals surface area contributed by atoms with Crippen LogP contribution in [-0.2, 0) is 28.6 Å². The van der Waals surface area contributed by atoms with Crippen molar-refractivity contribution in [3.63, 3.8) is 0 Å². The smallest absolute Gasteiger partial charge is 0.306 e. The van der Waals surface area contributed by atoms with E-state index in [2.05, 4.69) is 32.9 Å². The molecule has 360 valence electrons. The number of unbranched alkanes of at least 4 members (excludes halogenated alkanes) is 37. The fraction of sp³-hybridized carbons (Fsp3) is 0.909. The first kappa shape index (κ1) is 59.1. The van der Waals surface area contributed by atoms with Gasteiger partial charge in [-0.15, -0.1) is 0 Å². The summed E-state index contributed by atoms with van der Waals surface area (Å²) in [6, 6.07) is 0. The van der Waals surface area contributed by atoms with E-state index >= 15 is 0 Å². The SMILES string of the molecule is CCCCCCCC/C=C\CCCCCCCCCC(=O)OCC(COC(=O)CCCCCCCCCCC)OC(=O)CCCCCCCCCCCCCCCCCCC. The Labute approximate surface area is 380 Å².